The molecule has 0 amide bonds. The van der Waals surface area contributed by atoms with Crippen LogP contribution in [0.3, 0.4) is 0 Å². The second-order valence-electron chi connectivity index (χ2n) is 2.52. The highest BCUT2D eigenvalue weighted by Crippen LogP contribution is 1.98. The maximum atomic E-state index is 13.1. The molecule has 11 heavy (non-hydrogen) atoms. The van der Waals surface area contributed by atoms with Gasteiger partial charge in [-0.25, -0.2) is 0 Å². The number of hydrogen-bond acceptors (Lipinski definition) is 0. The first-order valence-corrected chi connectivity index (χ1v) is 3.91. The van der Waals surface area contributed by atoms with Crippen molar-refractivity contribution >= 4 is 5.69 Å². The van der Waals surface area contributed by atoms with Gasteiger partial charge in [0.05, 0.1) is 0 Å². The molecular formula is C9H13FN+. The molecule has 0 heterocycles. The highest BCUT2D eigenvalue weighted by Gasteiger charge is 2.07. The molecular weight excluding hydrogens is 141 g/mol. The summed E-state index contributed by atoms with van der Waals surface area (Å²) in [4.78, 5) is 0. The molecule has 0 saturated carbocycles. The van der Waals surface area contributed by atoms with Gasteiger partial charge in [0.1, 0.15) is 6.54 Å². The summed E-state index contributed by atoms with van der Waals surface area (Å²) in [5, 5.41) is -0.00639. The Bertz CT molecular complexity index is 198. The zero-order chi connectivity index (χ0) is 8.10. The lowest BCUT2D eigenvalue weighted by Crippen LogP contribution is -2.99. The Morgan fingerprint density at radius 3 is 2.45 bits per heavy atom. The summed E-state index contributed by atoms with van der Waals surface area (Å²) < 4.78 is 13.1. The fraction of sp³-hybridized carbons (Fsp3) is 0.333. The molecule has 0 fully saturated rings. The van der Waals surface area contributed by atoms with E-state index in [0.717, 1.165) is 6.42 Å². The number of nitrogens with one attached hydrogen (secondary N) is 1. The Hall–Kier alpha value is -0.890. The van der Waals surface area contributed by atoms with Gasteiger partial charge in [-0.05, 0) is 6.42 Å². The minimum absolute atomic E-state index is 0.00639. The molecule has 2 heteroatoms. The fourth-order valence-electron chi connectivity index (χ4n) is 0.983. The third kappa shape index (κ3) is 2.31. The van der Waals surface area contributed by atoms with Gasteiger partial charge in [0.15, 0.2) is 5.69 Å². The molecule has 1 unspecified atom stereocenters. The molecule has 0 aliphatic carbocycles. The molecule has 1 aromatic carbocycles. The van der Waals surface area contributed by atoms with Crippen LogP contribution in [-0.4, -0.2) is 6.54 Å². The van der Waals surface area contributed by atoms with Crippen molar-refractivity contribution in [3.63, 3.8) is 0 Å². The van der Waals surface area contributed by atoms with E-state index in [1.165, 1.54) is 0 Å². The number of quaternary nitrogens is 1. The van der Waals surface area contributed by atoms with E-state index in [2.05, 4.69) is 0 Å². The molecule has 60 valence electrons. The molecule has 0 spiro atoms. The molecule has 1 N–H and O–H groups in total. The average molecular weight is 154 g/mol. The molecule has 0 radical (unpaired) electrons. The monoisotopic (exact) mass is 154 g/mol. The normalized spacial score (nSPS) is 12.9. The van der Waals surface area contributed by atoms with Crippen LogP contribution in [0.15, 0.2) is 30.3 Å². The van der Waals surface area contributed by atoms with Crippen LogP contribution in [0, 0.1) is 0 Å². The maximum Gasteiger partial charge on any atom is 0.169 e. The van der Waals surface area contributed by atoms with Gasteiger partial charge >= 0.3 is 0 Å². The summed E-state index contributed by atoms with van der Waals surface area (Å²) in [5.41, 5.74) is 0.717. The topological polar surface area (TPSA) is 4.44 Å². The van der Waals surface area contributed by atoms with Gasteiger partial charge in [0.25, 0.3) is 0 Å². The van der Waals surface area contributed by atoms with Gasteiger partial charge in [-0.1, -0.05) is 25.1 Å². The smallest absolute Gasteiger partial charge is 0.109 e. The first-order valence-electron chi connectivity index (χ1n) is 3.91. The second kappa shape index (κ2) is 4.09. The fourth-order valence-corrected chi connectivity index (χ4v) is 0.983. The van der Waals surface area contributed by atoms with Crippen molar-refractivity contribution < 1.29 is 9.60 Å². The molecule has 0 saturated heterocycles. The highest BCUT2D eigenvalue weighted by atomic mass is 19.2. The van der Waals surface area contributed by atoms with E-state index in [0.29, 0.717) is 12.2 Å². The minimum Gasteiger partial charge on any atom is -0.109 e. The number of rotatable bonds is 3. The Kier molecular flexibility index (Phi) is 3.05. The molecule has 0 aliphatic heterocycles. The first-order chi connectivity index (χ1) is 5.34. The van der Waals surface area contributed by atoms with Crippen LogP contribution in [-0.2, 0) is 0 Å². The van der Waals surface area contributed by atoms with Crippen molar-refractivity contribution in [2.75, 3.05) is 6.54 Å². The number of hydrogen-bond donors (Lipinski definition) is 1. The zero-order valence-corrected chi connectivity index (χ0v) is 6.68. The lowest BCUT2D eigenvalue weighted by Gasteiger charge is -2.03. The van der Waals surface area contributed by atoms with Gasteiger partial charge in [0.2, 0.25) is 0 Å². The van der Waals surface area contributed by atoms with Crippen molar-refractivity contribution in [1.29, 1.82) is 0 Å². The van der Waals surface area contributed by atoms with Gasteiger partial charge in [-0.2, -0.15) is 0 Å². The van der Waals surface area contributed by atoms with Gasteiger partial charge in [-0.3, -0.25) is 0 Å². The van der Waals surface area contributed by atoms with Crippen LogP contribution in [0.1, 0.15) is 13.3 Å². The molecule has 0 aromatic heterocycles. The van der Waals surface area contributed by atoms with E-state index in [4.69, 9.17) is 0 Å². The van der Waals surface area contributed by atoms with Crippen LogP contribution >= 0.6 is 0 Å². The van der Waals surface area contributed by atoms with Crippen molar-refractivity contribution in [1.82, 2.24) is 0 Å². The summed E-state index contributed by atoms with van der Waals surface area (Å²) in [7, 11) is 0. The Balaban J connectivity index is 2.61. The molecule has 0 aliphatic rings. The summed E-state index contributed by atoms with van der Waals surface area (Å²) >= 11 is 0. The quantitative estimate of drug-likeness (QED) is 0.629. The minimum atomic E-state index is -0.00639. The molecule has 1 nitrogen and oxygen atoms in total. The van der Waals surface area contributed by atoms with Crippen molar-refractivity contribution in [3.05, 3.63) is 30.3 Å². The van der Waals surface area contributed by atoms with Crippen LogP contribution in [0.5, 0.6) is 0 Å². The predicted octanol–water partition coefficient (Wildman–Crippen LogP) is 1.50. The van der Waals surface area contributed by atoms with E-state index in [1.54, 1.807) is 12.1 Å². The van der Waals surface area contributed by atoms with Crippen molar-refractivity contribution in [2.45, 2.75) is 13.3 Å². The molecule has 1 atom stereocenters. The SMILES string of the molecule is CCC[NH+](F)c1ccccc1. The zero-order valence-electron chi connectivity index (χ0n) is 6.68. The van der Waals surface area contributed by atoms with Gasteiger partial charge in [0, 0.05) is 16.6 Å². The van der Waals surface area contributed by atoms with E-state index >= 15 is 0 Å². The Morgan fingerprint density at radius 1 is 1.27 bits per heavy atom. The number of benzene rings is 1. The van der Waals surface area contributed by atoms with Crippen LogP contribution < -0.4 is 5.12 Å². The summed E-state index contributed by atoms with van der Waals surface area (Å²) in [6, 6.07) is 9.19. The molecule has 1 rings (SSSR count). The van der Waals surface area contributed by atoms with Crippen LogP contribution in [0.2, 0.25) is 0 Å². The van der Waals surface area contributed by atoms with E-state index < -0.39 is 0 Å². The van der Waals surface area contributed by atoms with E-state index in [9.17, 15) is 4.48 Å². The van der Waals surface area contributed by atoms with Crippen molar-refractivity contribution in [3.8, 4) is 0 Å². The first kappa shape index (κ1) is 8.21. The van der Waals surface area contributed by atoms with Crippen molar-refractivity contribution in [2.24, 2.45) is 0 Å². The third-order valence-corrected chi connectivity index (χ3v) is 1.56. The summed E-state index contributed by atoms with van der Waals surface area (Å²) in [6.07, 6.45) is 0.862. The standard InChI is InChI=1S/C9H12FN/c1-2-8-11(10)9-6-4-3-5-7-9/h3-7H,2,8H2,1H3/p+1. The lowest BCUT2D eigenvalue weighted by molar-refractivity contribution is -0.982. The number of para-hydroxylation sites is 1. The second-order valence-corrected chi connectivity index (χ2v) is 2.52. The highest BCUT2D eigenvalue weighted by molar-refractivity contribution is 5.27. The average Bonchev–Trinajstić information content (AvgIpc) is 2.07. The third-order valence-electron chi connectivity index (χ3n) is 1.56. The Labute approximate surface area is 66.4 Å². The van der Waals surface area contributed by atoms with Gasteiger partial charge in [-0.15, -0.1) is 5.12 Å². The predicted molar refractivity (Wildman–Crippen MR) is 43.3 cm³/mol. The van der Waals surface area contributed by atoms with Crippen LogP contribution in [0.25, 0.3) is 0 Å². The number of halogens is 1. The Morgan fingerprint density at radius 2 is 1.91 bits per heavy atom. The molecule has 0 bridgehead atoms. The van der Waals surface area contributed by atoms with Crippen LogP contribution in [0.4, 0.5) is 10.2 Å². The van der Waals surface area contributed by atoms with E-state index in [1.807, 2.05) is 25.1 Å². The maximum absolute atomic E-state index is 13.1. The molecule has 1 aromatic rings. The summed E-state index contributed by atoms with van der Waals surface area (Å²) in [6.45, 7) is 2.52. The van der Waals surface area contributed by atoms with E-state index in [-0.39, 0.29) is 5.12 Å². The largest absolute Gasteiger partial charge is 0.169 e. The van der Waals surface area contributed by atoms with Gasteiger partial charge < -0.3 is 0 Å². The lowest BCUT2D eigenvalue weighted by atomic mass is 10.3. The summed E-state index contributed by atoms with van der Waals surface area (Å²) in [5.74, 6) is 0.